The number of carbonyl (C=O) groups excluding carboxylic acids is 4. The number of likely N-dealkylation sites (N-methyl/N-ethyl adjacent to an activating group) is 1. The number of benzene rings is 2. The second kappa shape index (κ2) is 11.0. The summed E-state index contributed by atoms with van der Waals surface area (Å²) in [4.78, 5) is 53.2. The summed E-state index contributed by atoms with van der Waals surface area (Å²) in [6.45, 7) is 1.56. The second-order valence-electron chi connectivity index (χ2n) is 11.3. The number of aliphatic hydroxyl groups is 4. The topological polar surface area (TPSA) is 232 Å². The Labute approximate surface area is 251 Å². The molecule has 3 aliphatic carbocycles. The number of primary amides is 1. The summed E-state index contributed by atoms with van der Waals surface area (Å²) in [5.74, 6) is -10.1. The van der Waals surface area contributed by atoms with E-state index in [1.54, 1.807) is 31.2 Å². The SMILES string of the molecule is C[C@H]1c2c(NNC(=O)OCc3ccccc3)ccc(O)c2C(O)=C2C(=O)[C@]3(O)C(O)=C(C(N)=O)C(=O)[C@@H](N(C)C)[C@@H]3[C@@H](O)[C@@H]21. The minimum absolute atomic E-state index is 0.0173. The molecule has 0 bridgehead atoms. The summed E-state index contributed by atoms with van der Waals surface area (Å²) in [6.07, 6.45) is -2.61. The van der Waals surface area contributed by atoms with Crippen LogP contribution in [0.4, 0.5) is 10.5 Å². The number of phenolic OH excluding ortho intramolecular Hbond substituents is 1. The van der Waals surface area contributed by atoms with Gasteiger partial charge in [0.25, 0.3) is 5.91 Å². The summed E-state index contributed by atoms with van der Waals surface area (Å²) >= 11 is 0. The maximum absolute atomic E-state index is 14.1. The van der Waals surface area contributed by atoms with Gasteiger partial charge in [-0.15, -0.1) is 0 Å². The summed E-state index contributed by atoms with van der Waals surface area (Å²) in [5, 5.41) is 56.7. The van der Waals surface area contributed by atoms with Crippen molar-refractivity contribution in [1.82, 2.24) is 10.3 Å². The van der Waals surface area contributed by atoms with Crippen LogP contribution in [0.5, 0.6) is 5.75 Å². The van der Waals surface area contributed by atoms with E-state index in [2.05, 4.69) is 10.9 Å². The second-order valence-corrected chi connectivity index (χ2v) is 11.3. The highest BCUT2D eigenvalue weighted by Crippen LogP contribution is 2.57. The number of nitrogens with two attached hydrogens (primary N) is 1. The third-order valence-electron chi connectivity index (χ3n) is 8.62. The maximum atomic E-state index is 14.1. The zero-order chi connectivity index (χ0) is 32.2. The van der Waals surface area contributed by atoms with Crippen molar-refractivity contribution >= 4 is 35.0 Å². The molecule has 0 heterocycles. The minimum Gasteiger partial charge on any atom is -0.508 e. The fourth-order valence-corrected chi connectivity index (χ4v) is 6.68. The molecule has 2 amide bonds. The van der Waals surface area contributed by atoms with Gasteiger partial charge in [0, 0.05) is 11.5 Å². The lowest BCUT2D eigenvalue weighted by molar-refractivity contribution is -0.169. The fourth-order valence-electron chi connectivity index (χ4n) is 6.68. The molecule has 1 fully saturated rings. The number of ketones is 2. The number of nitrogens with one attached hydrogen (secondary N) is 2. The predicted molar refractivity (Wildman–Crippen MR) is 154 cm³/mol. The van der Waals surface area contributed by atoms with Crippen LogP contribution >= 0.6 is 0 Å². The Morgan fingerprint density at radius 1 is 1.07 bits per heavy atom. The Morgan fingerprint density at radius 2 is 1.73 bits per heavy atom. The summed E-state index contributed by atoms with van der Waals surface area (Å²) in [7, 11) is 2.85. The van der Waals surface area contributed by atoms with Crippen LogP contribution in [0, 0.1) is 11.8 Å². The first-order chi connectivity index (χ1) is 20.7. The molecule has 44 heavy (non-hydrogen) atoms. The van der Waals surface area contributed by atoms with Gasteiger partial charge in [-0.25, -0.2) is 10.2 Å². The first-order valence-corrected chi connectivity index (χ1v) is 13.6. The van der Waals surface area contributed by atoms with Crippen molar-refractivity contribution in [3.05, 3.63) is 76.1 Å². The van der Waals surface area contributed by atoms with E-state index in [1.807, 2.05) is 6.07 Å². The van der Waals surface area contributed by atoms with E-state index in [0.717, 1.165) is 5.56 Å². The summed E-state index contributed by atoms with van der Waals surface area (Å²) in [6, 6.07) is 10.0. The molecule has 5 rings (SSSR count). The van der Waals surface area contributed by atoms with Gasteiger partial charge in [0.2, 0.25) is 5.78 Å². The van der Waals surface area contributed by atoms with Crippen LogP contribution in [-0.4, -0.2) is 85.8 Å². The molecule has 232 valence electrons. The van der Waals surface area contributed by atoms with Crippen molar-refractivity contribution in [3.63, 3.8) is 0 Å². The molecule has 9 N–H and O–H groups in total. The molecule has 6 atom stereocenters. The van der Waals surface area contributed by atoms with E-state index in [-0.39, 0.29) is 23.4 Å². The number of nitrogens with zero attached hydrogens (tertiary/aromatic N) is 1. The van der Waals surface area contributed by atoms with Crippen molar-refractivity contribution in [2.24, 2.45) is 17.6 Å². The Morgan fingerprint density at radius 3 is 2.34 bits per heavy atom. The van der Waals surface area contributed by atoms with Crippen LogP contribution < -0.4 is 16.6 Å². The van der Waals surface area contributed by atoms with Crippen LogP contribution in [0.2, 0.25) is 0 Å². The minimum atomic E-state index is -3.01. The van der Waals surface area contributed by atoms with E-state index in [4.69, 9.17) is 10.5 Å². The van der Waals surface area contributed by atoms with Crippen LogP contribution in [0.15, 0.2) is 59.4 Å². The van der Waals surface area contributed by atoms with Gasteiger partial charge in [0.1, 0.15) is 29.4 Å². The number of hydrogen-bond donors (Lipinski definition) is 8. The zero-order valence-electron chi connectivity index (χ0n) is 23.9. The quantitative estimate of drug-likeness (QED) is 0.129. The van der Waals surface area contributed by atoms with Gasteiger partial charge in [-0.05, 0) is 43.3 Å². The third-order valence-corrected chi connectivity index (χ3v) is 8.62. The molecule has 0 aromatic heterocycles. The van der Waals surface area contributed by atoms with E-state index < -0.39 is 87.5 Å². The molecule has 3 aliphatic rings. The van der Waals surface area contributed by atoms with Gasteiger partial charge in [0.05, 0.1) is 29.3 Å². The van der Waals surface area contributed by atoms with Gasteiger partial charge >= 0.3 is 6.09 Å². The summed E-state index contributed by atoms with van der Waals surface area (Å²) < 4.78 is 5.20. The molecule has 0 spiro atoms. The average Bonchev–Trinajstić information content (AvgIpc) is 2.97. The number of ether oxygens (including phenoxy) is 1. The van der Waals surface area contributed by atoms with Crippen molar-refractivity contribution < 1.29 is 49.4 Å². The van der Waals surface area contributed by atoms with Crippen LogP contribution in [0.3, 0.4) is 0 Å². The smallest absolute Gasteiger partial charge is 0.426 e. The lowest BCUT2D eigenvalue weighted by Crippen LogP contribution is -2.70. The monoisotopic (exact) mass is 608 g/mol. The number of rotatable bonds is 6. The molecular weight excluding hydrogens is 576 g/mol. The normalized spacial score (nSPS) is 27.8. The molecule has 2 aromatic carbocycles. The highest BCUT2D eigenvalue weighted by atomic mass is 16.6. The fraction of sp³-hybridized carbons (Fsp3) is 0.333. The molecule has 14 nitrogen and oxygen atoms in total. The van der Waals surface area contributed by atoms with E-state index in [9.17, 15) is 44.7 Å². The van der Waals surface area contributed by atoms with Gasteiger partial charge in [-0.2, -0.15) is 0 Å². The Balaban J connectivity index is 1.57. The standard InChI is InChI=1S/C30H32N4O10/c1-12-16-14(32-33-29(42)44-11-13-7-5-4-6-8-13)9-10-15(35)18(16)23(36)19-17(12)24(37)21-22(34(2)3)25(38)20(28(31)41)27(40)30(21,43)26(19)39/h4-10,12,17,21-22,24,32,35-37,40,43H,11H2,1-3H3,(H2,31,41)(H,33,42)/t12-,17+,21+,22-,24-,30-/m0/s1. The van der Waals surface area contributed by atoms with E-state index in [1.165, 1.54) is 31.1 Å². The number of aromatic hydroxyl groups is 1. The Kier molecular flexibility index (Phi) is 7.61. The largest absolute Gasteiger partial charge is 0.508 e. The van der Waals surface area contributed by atoms with Gasteiger partial charge < -0.3 is 36.0 Å². The first kappa shape index (κ1) is 30.5. The van der Waals surface area contributed by atoms with Crippen molar-refractivity contribution in [3.8, 4) is 5.75 Å². The van der Waals surface area contributed by atoms with Gasteiger partial charge in [0.15, 0.2) is 11.4 Å². The van der Waals surface area contributed by atoms with Crippen molar-refractivity contribution in [1.29, 1.82) is 0 Å². The lowest BCUT2D eigenvalue weighted by atomic mass is 9.54. The van der Waals surface area contributed by atoms with E-state index in [0.29, 0.717) is 0 Å². The number of hydrogen-bond acceptors (Lipinski definition) is 12. The number of carbonyl (C=O) groups is 4. The lowest BCUT2D eigenvalue weighted by Gasteiger charge is -2.53. The maximum Gasteiger partial charge on any atom is 0.426 e. The number of Topliss-reactive ketones (excluding diaryl/α,β-unsaturated/α-hetero) is 2. The Bertz CT molecular complexity index is 1640. The number of aliphatic hydroxyl groups excluding tert-OH is 3. The number of hydrazine groups is 1. The number of amides is 2. The molecule has 1 saturated carbocycles. The molecule has 0 aliphatic heterocycles. The van der Waals surface area contributed by atoms with Crippen LogP contribution in [0.25, 0.3) is 5.76 Å². The van der Waals surface area contributed by atoms with Crippen molar-refractivity contribution in [2.45, 2.75) is 37.2 Å². The molecule has 14 heteroatoms. The van der Waals surface area contributed by atoms with Crippen molar-refractivity contribution in [2.75, 3.05) is 19.5 Å². The van der Waals surface area contributed by atoms with Crippen LogP contribution in [-0.2, 0) is 25.7 Å². The van der Waals surface area contributed by atoms with Crippen LogP contribution in [0.1, 0.15) is 29.5 Å². The Hall–Kier alpha value is -4.92. The average molecular weight is 609 g/mol. The number of fused-ring (bicyclic) bond motifs is 3. The third kappa shape index (κ3) is 4.46. The highest BCUT2D eigenvalue weighted by Gasteiger charge is 2.68. The van der Waals surface area contributed by atoms with E-state index >= 15 is 0 Å². The predicted octanol–water partition coefficient (Wildman–Crippen LogP) is 0.749. The zero-order valence-corrected chi connectivity index (χ0v) is 23.9. The molecule has 0 radical (unpaired) electrons. The van der Waals surface area contributed by atoms with Gasteiger partial charge in [-0.3, -0.25) is 24.7 Å². The number of phenols is 1. The highest BCUT2D eigenvalue weighted by molar-refractivity contribution is 6.24. The molecule has 2 aromatic rings. The molecular formula is C30H32N4O10. The number of anilines is 1. The van der Waals surface area contributed by atoms with Gasteiger partial charge in [-0.1, -0.05) is 37.3 Å². The summed E-state index contributed by atoms with van der Waals surface area (Å²) in [5.41, 5.74) is 6.74. The molecule has 0 saturated heterocycles. The first-order valence-electron chi connectivity index (χ1n) is 13.6. The molecule has 0 unspecified atom stereocenters.